The van der Waals surface area contributed by atoms with Crippen molar-refractivity contribution in [2.75, 3.05) is 6.54 Å². The van der Waals surface area contributed by atoms with Crippen molar-refractivity contribution in [2.24, 2.45) is 0 Å². The molecule has 0 aromatic carbocycles. The summed E-state index contributed by atoms with van der Waals surface area (Å²) in [5, 5.41) is 13.0. The smallest absolute Gasteiger partial charge is 0.0801 e. The van der Waals surface area contributed by atoms with Gasteiger partial charge >= 0.3 is 0 Å². The zero-order chi connectivity index (χ0) is 12.3. The number of aliphatic hydroxyl groups is 1. The van der Waals surface area contributed by atoms with Crippen molar-refractivity contribution in [3.8, 4) is 0 Å². The number of piperidine rings is 1. The molecule has 92 valence electrons. The predicted molar refractivity (Wildman–Crippen MR) is 72.1 cm³/mol. The zero-order valence-corrected chi connectivity index (χ0v) is 10.8. The molecule has 2 N–H and O–H groups in total. The first-order chi connectivity index (χ1) is 8.16. The number of hydrogen-bond donors (Lipinski definition) is 2. The molecular weight excluding hydrogens is 232 g/mol. The fraction of sp³-hybridized carbons (Fsp3) is 0.462. The number of rotatable bonds is 3. The van der Waals surface area contributed by atoms with Crippen LogP contribution in [-0.2, 0) is 0 Å². The minimum atomic E-state index is -0.198. The average Bonchev–Trinajstić information content (AvgIpc) is 2.72. The maximum absolute atomic E-state index is 9.61. The Morgan fingerprint density at radius 2 is 2.53 bits per heavy atom. The molecular formula is C13H18N2OS. The van der Waals surface area contributed by atoms with Gasteiger partial charge in [-0.2, -0.15) is 0 Å². The van der Waals surface area contributed by atoms with Gasteiger partial charge in [-0.05, 0) is 38.0 Å². The Kier molecular flexibility index (Phi) is 4.10. The van der Waals surface area contributed by atoms with E-state index < -0.39 is 0 Å². The van der Waals surface area contributed by atoms with Crippen molar-refractivity contribution in [1.82, 2.24) is 10.3 Å². The molecule has 0 amide bonds. The van der Waals surface area contributed by atoms with E-state index in [-0.39, 0.29) is 12.1 Å². The van der Waals surface area contributed by atoms with Gasteiger partial charge in [0.15, 0.2) is 0 Å². The summed E-state index contributed by atoms with van der Waals surface area (Å²) in [6.07, 6.45) is 5.47. The first-order valence-corrected chi connectivity index (χ1v) is 6.73. The second-order valence-corrected chi connectivity index (χ2v) is 5.28. The number of aromatic nitrogens is 1. The van der Waals surface area contributed by atoms with Gasteiger partial charge in [-0.15, -0.1) is 11.3 Å². The number of nitrogens with zero attached hydrogens (tertiary/aromatic N) is 1. The highest BCUT2D eigenvalue weighted by Crippen LogP contribution is 2.18. The van der Waals surface area contributed by atoms with Gasteiger partial charge in [-0.25, -0.2) is 4.98 Å². The number of aryl methyl sites for hydroxylation is 1. The zero-order valence-electron chi connectivity index (χ0n) is 10.0. The van der Waals surface area contributed by atoms with Gasteiger partial charge in [0.1, 0.15) is 0 Å². The second-order valence-electron chi connectivity index (χ2n) is 4.40. The third-order valence-corrected chi connectivity index (χ3v) is 3.95. The van der Waals surface area contributed by atoms with Crippen LogP contribution < -0.4 is 5.32 Å². The Morgan fingerprint density at radius 3 is 3.18 bits per heavy atom. The number of hydrogen-bond acceptors (Lipinski definition) is 4. The molecule has 1 aliphatic heterocycles. The van der Waals surface area contributed by atoms with Gasteiger partial charge < -0.3 is 10.4 Å². The Balaban J connectivity index is 1.97. The van der Waals surface area contributed by atoms with Gasteiger partial charge in [0, 0.05) is 10.9 Å². The second kappa shape index (κ2) is 5.58. The van der Waals surface area contributed by atoms with E-state index in [0.29, 0.717) is 0 Å². The number of nitrogens with one attached hydrogen (secondary N) is 1. The first-order valence-electron chi connectivity index (χ1n) is 5.85. The van der Waals surface area contributed by atoms with E-state index in [2.05, 4.69) is 23.0 Å². The molecule has 1 fully saturated rings. The minimum Gasteiger partial charge on any atom is -0.393 e. The predicted octanol–water partition coefficient (Wildman–Crippen LogP) is 2.13. The van der Waals surface area contributed by atoms with E-state index in [1.54, 1.807) is 11.3 Å². The Morgan fingerprint density at radius 1 is 1.71 bits per heavy atom. The summed E-state index contributed by atoms with van der Waals surface area (Å²) in [5.41, 5.74) is 3.92. The lowest BCUT2D eigenvalue weighted by atomic mass is 9.96. The van der Waals surface area contributed by atoms with Crippen LogP contribution in [0, 0.1) is 6.92 Å². The van der Waals surface area contributed by atoms with Crippen LogP contribution in [0.15, 0.2) is 23.7 Å². The molecule has 2 rings (SSSR count). The maximum atomic E-state index is 9.61. The molecule has 1 unspecified atom stereocenters. The van der Waals surface area contributed by atoms with Gasteiger partial charge in [-0.1, -0.05) is 12.7 Å². The molecule has 0 aliphatic carbocycles. The lowest BCUT2D eigenvalue weighted by molar-refractivity contribution is 0.124. The van der Waals surface area contributed by atoms with Crippen LogP contribution >= 0.6 is 11.3 Å². The van der Waals surface area contributed by atoms with E-state index in [0.717, 1.165) is 30.7 Å². The summed E-state index contributed by atoms with van der Waals surface area (Å²) >= 11 is 1.63. The lowest BCUT2D eigenvalue weighted by Gasteiger charge is -2.27. The SMILES string of the molecule is C=C(/C=C\c1scnc1C)[C@@H]1CC(O)CCN1. The van der Waals surface area contributed by atoms with E-state index in [4.69, 9.17) is 0 Å². The van der Waals surface area contributed by atoms with E-state index in [9.17, 15) is 5.11 Å². The van der Waals surface area contributed by atoms with Crippen LogP contribution in [0.2, 0.25) is 0 Å². The number of thiazole rings is 1. The fourth-order valence-electron chi connectivity index (χ4n) is 1.95. The summed E-state index contributed by atoms with van der Waals surface area (Å²) in [5.74, 6) is 0. The largest absolute Gasteiger partial charge is 0.393 e. The molecule has 1 aromatic heterocycles. The minimum absolute atomic E-state index is 0.197. The van der Waals surface area contributed by atoms with Crippen LogP contribution in [0.1, 0.15) is 23.4 Å². The van der Waals surface area contributed by atoms with E-state index in [1.807, 2.05) is 18.5 Å². The van der Waals surface area contributed by atoms with Crippen LogP contribution in [0.3, 0.4) is 0 Å². The highest BCUT2D eigenvalue weighted by Gasteiger charge is 2.20. The first kappa shape index (κ1) is 12.5. The van der Waals surface area contributed by atoms with Crippen LogP contribution in [0.4, 0.5) is 0 Å². The van der Waals surface area contributed by atoms with Crippen molar-refractivity contribution in [2.45, 2.75) is 31.9 Å². The average molecular weight is 250 g/mol. The van der Waals surface area contributed by atoms with Crippen molar-refractivity contribution in [3.05, 3.63) is 34.3 Å². The Labute approximate surface area is 106 Å². The molecule has 4 heteroatoms. The van der Waals surface area contributed by atoms with Gasteiger partial charge in [0.05, 0.1) is 17.3 Å². The fourth-order valence-corrected chi connectivity index (χ4v) is 2.64. The molecule has 0 saturated carbocycles. The molecule has 3 nitrogen and oxygen atoms in total. The molecule has 2 heterocycles. The third-order valence-electron chi connectivity index (χ3n) is 3.06. The molecule has 2 atom stereocenters. The molecule has 0 radical (unpaired) electrons. The summed E-state index contributed by atoms with van der Waals surface area (Å²) in [4.78, 5) is 5.37. The molecule has 0 spiro atoms. The Bertz CT molecular complexity index is 425. The van der Waals surface area contributed by atoms with Crippen molar-refractivity contribution in [1.29, 1.82) is 0 Å². The Hall–Kier alpha value is -0.970. The van der Waals surface area contributed by atoms with Crippen LogP contribution in [0.5, 0.6) is 0 Å². The van der Waals surface area contributed by atoms with Crippen LogP contribution in [-0.4, -0.2) is 28.8 Å². The molecule has 17 heavy (non-hydrogen) atoms. The normalized spacial score (nSPS) is 25.3. The molecule has 0 bridgehead atoms. The van der Waals surface area contributed by atoms with Crippen molar-refractivity contribution in [3.63, 3.8) is 0 Å². The molecule has 1 saturated heterocycles. The highest BCUT2D eigenvalue weighted by molar-refractivity contribution is 7.10. The number of aliphatic hydroxyl groups excluding tert-OH is 1. The third kappa shape index (κ3) is 3.25. The van der Waals surface area contributed by atoms with Gasteiger partial charge in [0.25, 0.3) is 0 Å². The van der Waals surface area contributed by atoms with Gasteiger partial charge in [-0.3, -0.25) is 0 Å². The quantitative estimate of drug-likeness (QED) is 0.808. The molecule has 1 aromatic rings. The van der Waals surface area contributed by atoms with Crippen LogP contribution in [0.25, 0.3) is 6.08 Å². The van der Waals surface area contributed by atoms with Gasteiger partial charge in [0.2, 0.25) is 0 Å². The topological polar surface area (TPSA) is 45.2 Å². The summed E-state index contributed by atoms with van der Waals surface area (Å²) in [6, 6.07) is 0.197. The standard InChI is InChI=1S/C13H18N2OS/c1-9(12-7-11(16)5-6-14-12)3-4-13-10(2)15-8-17-13/h3-4,8,11-12,14,16H,1,5-7H2,2H3/b4-3-/t11?,12-/m0/s1. The van der Waals surface area contributed by atoms with E-state index >= 15 is 0 Å². The van der Waals surface area contributed by atoms with Crippen molar-refractivity contribution < 1.29 is 5.11 Å². The maximum Gasteiger partial charge on any atom is 0.0801 e. The summed E-state index contributed by atoms with van der Waals surface area (Å²) in [7, 11) is 0. The summed E-state index contributed by atoms with van der Waals surface area (Å²) in [6.45, 7) is 6.93. The molecule has 1 aliphatic rings. The van der Waals surface area contributed by atoms with Crippen molar-refractivity contribution >= 4 is 17.4 Å². The van der Waals surface area contributed by atoms with E-state index in [1.165, 1.54) is 4.88 Å². The monoisotopic (exact) mass is 250 g/mol. The highest BCUT2D eigenvalue weighted by atomic mass is 32.1. The summed E-state index contributed by atoms with van der Waals surface area (Å²) < 4.78 is 0. The lowest BCUT2D eigenvalue weighted by Crippen LogP contribution is -2.40.